The van der Waals surface area contributed by atoms with Crippen molar-refractivity contribution in [2.75, 3.05) is 26.1 Å². The van der Waals surface area contributed by atoms with E-state index < -0.39 is 17.8 Å². The van der Waals surface area contributed by atoms with Crippen molar-refractivity contribution in [1.82, 2.24) is 55.1 Å². The molecule has 10 heterocycles. The van der Waals surface area contributed by atoms with Gasteiger partial charge in [0.1, 0.15) is 0 Å². The number of nitrogens with zero attached hydrogens (tertiary/aromatic N) is 5. The Kier molecular flexibility index (Phi) is 37.1. The molecular formula is C119H121N13O18. The van der Waals surface area contributed by atoms with E-state index in [2.05, 4.69) is 84.8 Å². The van der Waals surface area contributed by atoms with Crippen LogP contribution in [0.15, 0.2) is 304 Å². The number of aliphatic hydroxyl groups excluding tert-OH is 1. The summed E-state index contributed by atoms with van der Waals surface area (Å²) in [7, 11) is 1.00. The smallest absolute Gasteiger partial charge is 0.338 e. The summed E-state index contributed by atoms with van der Waals surface area (Å²) in [6.45, 7) is 11.4. The first-order valence-electron chi connectivity index (χ1n) is 50.0. The topological polar surface area (TPSA) is 437 Å². The summed E-state index contributed by atoms with van der Waals surface area (Å²) < 4.78 is 20.6. The first kappa shape index (κ1) is 107. The Hall–Kier alpha value is -17.4. The number of carboxylic acid groups (broad SMARTS) is 2. The van der Waals surface area contributed by atoms with E-state index in [1.54, 1.807) is 110 Å². The van der Waals surface area contributed by atoms with Crippen LogP contribution in [0.1, 0.15) is 206 Å². The highest BCUT2D eigenvalue weighted by atomic mass is 16.7. The maximum atomic E-state index is 12.9. The van der Waals surface area contributed by atoms with Crippen LogP contribution in [0.25, 0.3) is 54.5 Å². The molecule has 31 heteroatoms. The van der Waals surface area contributed by atoms with Gasteiger partial charge in [-0.1, -0.05) is 212 Å². The number of rotatable bonds is 26. The van der Waals surface area contributed by atoms with E-state index >= 15 is 0 Å². The number of ether oxygens (including phenoxy) is 2. The van der Waals surface area contributed by atoms with Gasteiger partial charge < -0.3 is 74.6 Å². The number of nitrogens with one attached hydrogen (secondary N) is 6. The molecule has 5 aromatic heterocycles. The molecule has 6 amide bonds. The minimum atomic E-state index is -0.954. The fourth-order valence-electron chi connectivity index (χ4n) is 19.1. The molecule has 150 heavy (non-hydrogen) atoms. The van der Waals surface area contributed by atoms with Crippen LogP contribution in [0.3, 0.4) is 0 Å². The molecule has 31 nitrogen and oxygen atoms in total. The zero-order chi connectivity index (χ0) is 106. The summed E-state index contributed by atoms with van der Waals surface area (Å²) in [6, 6.07) is 84.7. The minimum absolute atomic E-state index is 0.0766. The van der Waals surface area contributed by atoms with Gasteiger partial charge >= 0.3 is 23.9 Å². The number of hydrogen-bond donors (Lipinski definition) is 12. The largest absolute Gasteiger partial charge is 0.478 e. The van der Waals surface area contributed by atoms with Gasteiger partial charge in [-0.3, -0.25) is 48.4 Å². The fourth-order valence-corrected chi connectivity index (χ4v) is 19.1. The number of aromatic nitrogens is 5. The number of para-hydroxylation sites is 5. The van der Waals surface area contributed by atoms with Gasteiger partial charge in [0.25, 0.3) is 35.4 Å². The average molecular weight is 2020 g/mol. The second kappa shape index (κ2) is 52.1. The lowest BCUT2D eigenvalue weighted by Gasteiger charge is -2.14. The molecule has 17 aromatic rings. The molecule has 5 aliphatic rings. The van der Waals surface area contributed by atoms with Gasteiger partial charge in [0.05, 0.1) is 99.4 Å². The van der Waals surface area contributed by atoms with Crippen LogP contribution in [-0.2, 0) is 135 Å². The molecule has 0 fully saturated rings. The van der Waals surface area contributed by atoms with Crippen LogP contribution in [-0.4, -0.2) is 123 Å². The van der Waals surface area contributed by atoms with E-state index in [1.807, 2.05) is 183 Å². The lowest BCUT2D eigenvalue weighted by atomic mass is 10.0. The number of carbonyl (C=O) groups excluding carboxylic acids is 8. The monoisotopic (exact) mass is 2020 g/mol. The normalized spacial score (nSPS) is 12.3. The van der Waals surface area contributed by atoms with E-state index in [0.29, 0.717) is 104 Å². The Morgan fingerprint density at radius 2 is 0.613 bits per heavy atom. The number of aryl methyl sites for hydroxylation is 10. The molecular weight excluding hydrogens is 1900 g/mol. The highest BCUT2D eigenvalue weighted by Crippen LogP contribution is 2.36. The third-order valence-corrected chi connectivity index (χ3v) is 26.3. The summed E-state index contributed by atoms with van der Waals surface area (Å²) >= 11 is 0. The molecule has 0 aliphatic carbocycles. The second-order valence-electron chi connectivity index (χ2n) is 36.3. The van der Waals surface area contributed by atoms with Gasteiger partial charge in [-0.25, -0.2) is 31.2 Å². The molecule has 0 atom stereocenters. The lowest BCUT2D eigenvalue weighted by molar-refractivity contribution is -0.142. The molecule has 12 aromatic carbocycles. The van der Waals surface area contributed by atoms with Crippen molar-refractivity contribution in [3.63, 3.8) is 0 Å². The van der Waals surface area contributed by atoms with Crippen molar-refractivity contribution < 1.29 is 87.6 Å². The van der Waals surface area contributed by atoms with Crippen LogP contribution < -0.4 is 43.9 Å². The van der Waals surface area contributed by atoms with Crippen LogP contribution in [0.2, 0.25) is 0 Å². The highest BCUT2D eigenvalue weighted by Gasteiger charge is 2.27. The Balaban J connectivity index is 0.000000134. The number of aliphatic hydroxyl groups is 1. The van der Waals surface area contributed by atoms with E-state index in [1.165, 1.54) is 49.9 Å². The average Bonchev–Trinajstić information content (AvgIpc) is 1.62. The number of hydrogen-bond acceptors (Lipinski definition) is 18. The van der Waals surface area contributed by atoms with Crippen LogP contribution in [0, 0.1) is 0 Å². The van der Waals surface area contributed by atoms with E-state index in [9.17, 15) is 47.9 Å². The lowest BCUT2D eigenvalue weighted by Crippen LogP contribution is -2.24. The van der Waals surface area contributed by atoms with Crippen molar-refractivity contribution in [3.8, 4) is 0 Å². The molecule has 0 spiro atoms. The predicted molar refractivity (Wildman–Crippen MR) is 574 cm³/mol. The van der Waals surface area contributed by atoms with Crippen molar-refractivity contribution >= 4 is 120 Å². The standard InChI is InChI=1S/C27H25N3O3.C22H22N2O3.C20H19N3O3.C20H18N2O3.C12H11NO2.C10H13NO2.C7H9NO.CH4O/c31-26(29-33-18-20-6-2-1-3-7-20)22-13-11-19(12-14-22)16-28-27(32)24-17-30-15-5-9-21-8-4-10-23(24)25(21)30;1-2-27-22(26)17-10-8-15(9-11-17)13-23-21(25)19-14-24-12-4-6-16-5-3-7-18(19)20(16)24;24-19(22-26)15-8-6-13(7-9-15)11-21-20(25)17-12-23-10-2-4-14-3-1-5-16(17)18(14)23;23-19(21-11-13-6-8-15(9-7-13)20(24)25)17-12-22-10-2-4-14-3-1-5-16(17)18(14)22;14-12(15)10-7-13-6-2-4-8-3-1-5-9(10)11(8)13;1-2-13-10(12)7-8-3-5-9(11)6-4-8;8-9-6-7-4-2-1-3-5-7;1-2/h1-4,6-8,10-14,17H,5,9,15-16,18H2,(H,28,32)(H,29,31);3,5,7-11,14H,2,4,6,12-13H2,1H3,(H,23,25);1,3,5-9,12,26H,2,4,10-11H2,(H,21,25)(H,22,24);1,3,5-9,12H,2,4,10-11H2,(H,21,23)(H,24,25);1,3,5,7H,2,4,6H2,(H,14,15);3-6H,2,7,11H2,1H3;1-5H,6,8H2;2H,1H3. The number of benzene rings is 12. The van der Waals surface area contributed by atoms with Crippen LogP contribution in [0.5, 0.6) is 0 Å². The van der Waals surface area contributed by atoms with Gasteiger partial charge in [0, 0.05) is 141 Å². The number of carboxylic acids is 2. The Bertz CT molecular complexity index is 7640. The Labute approximate surface area is 866 Å². The minimum Gasteiger partial charge on any atom is -0.478 e. The first-order valence-corrected chi connectivity index (χ1v) is 50.0. The summed E-state index contributed by atoms with van der Waals surface area (Å²) in [6.07, 6.45) is 20.7. The fraction of sp³-hybridized carbons (Fsp3) is 0.227. The Morgan fingerprint density at radius 3 is 0.927 bits per heavy atom. The van der Waals surface area contributed by atoms with Crippen molar-refractivity contribution in [1.29, 1.82) is 0 Å². The number of carbonyl (C=O) groups is 10. The summed E-state index contributed by atoms with van der Waals surface area (Å²) in [5.41, 5.74) is 34.0. The molecule has 0 bridgehead atoms. The third kappa shape index (κ3) is 26.9. The molecule has 0 saturated heterocycles. The van der Waals surface area contributed by atoms with Gasteiger partial charge in [0.2, 0.25) is 0 Å². The summed E-state index contributed by atoms with van der Waals surface area (Å²) in [5, 5.41) is 50.4. The molecule has 5 aliphatic heterocycles. The molecule has 770 valence electrons. The van der Waals surface area contributed by atoms with Crippen molar-refractivity contribution in [2.24, 2.45) is 5.90 Å². The molecule has 0 radical (unpaired) electrons. The Morgan fingerprint density at radius 1 is 0.313 bits per heavy atom. The highest BCUT2D eigenvalue weighted by molar-refractivity contribution is 6.11. The van der Waals surface area contributed by atoms with Crippen molar-refractivity contribution in [2.45, 2.75) is 157 Å². The second-order valence-corrected chi connectivity index (χ2v) is 36.3. The SMILES string of the molecule is CCOC(=O)Cc1ccc(N)cc1.CCOC(=O)c1ccc(CNC(=O)c2cn3c4c(cccc24)CCC3)cc1.CO.NOCc1ccccc1.O=C(NO)c1ccc(CNC(=O)c2cn3c4c(cccc24)CCC3)cc1.O=C(NOCc1ccccc1)c1ccc(CNC(=O)c2cn3c4c(cccc24)CCC3)cc1.O=C(O)c1ccc(CNC(=O)c2cn3c4c(cccc24)CCC3)cc1.O=C(O)c1cn2c3c(cccc13)CCC2. The number of hydroxylamine groups is 2. The maximum Gasteiger partial charge on any atom is 0.338 e. The maximum absolute atomic E-state index is 12.9. The summed E-state index contributed by atoms with van der Waals surface area (Å²) in [4.78, 5) is 129. The summed E-state index contributed by atoms with van der Waals surface area (Å²) in [5.74, 6) is 1.29. The third-order valence-electron chi connectivity index (χ3n) is 26.3. The van der Waals surface area contributed by atoms with Crippen LogP contribution >= 0.6 is 0 Å². The van der Waals surface area contributed by atoms with Crippen LogP contribution in [0.4, 0.5) is 5.69 Å². The zero-order valence-electron chi connectivity index (χ0n) is 83.7. The first-order chi connectivity index (χ1) is 73.1. The predicted octanol–water partition coefficient (Wildman–Crippen LogP) is 18.3. The molecule has 14 N–H and O–H groups in total. The van der Waals surface area contributed by atoms with Gasteiger partial charge in [-0.05, 0) is 205 Å². The number of nitrogen functional groups attached to an aromatic ring is 1. The van der Waals surface area contributed by atoms with E-state index in [0.717, 1.165) is 181 Å². The number of aromatic carboxylic acids is 2. The molecule has 0 saturated carbocycles. The number of anilines is 1. The number of amides is 6. The van der Waals surface area contributed by atoms with Crippen molar-refractivity contribution in [3.05, 3.63) is 421 Å². The van der Waals surface area contributed by atoms with Gasteiger partial charge in [-0.15, -0.1) is 0 Å². The zero-order valence-corrected chi connectivity index (χ0v) is 83.7. The number of nitrogens with two attached hydrogens (primary N) is 2. The van der Waals surface area contributed by atoms with E-state index in [-0.39, 0.29) is 47.0 Å². The van der Waals surface area contributed by atoms with Gasteiger partial charge in [0.15, 0.2) is 0 Å². The van der Waals surface area contributed by atoms with Gasteiger partial charge in [-0.2, -0.15) is 0 Å². The quantitative estimate of drug-likeness (QED) is 0.0104. The molecule has 0 unspecified atom stereocenters. The number of esters is 2. The van der Waals surface area contributed by atoms with E-state index in [4.69, 9.17) is 46.5 Å². The molecule has 22 rings (SSSR count).